The van der Waals surface area contributed by atoms with E-state index in [0.717, 1.165) is 0 Å². The fraction of sp³-hybridized carbons (Fsp3) is 0.250. The highest BCUT2D eigenvalue weighted by Gasteiger charge is 2.10. The molecule has 0 atom stereocenters. The number of oxime groups is 1. The van der Waals surface area contributed by atoms with Crippen molar-refractivity contribution in [2.24, 2.45) is 5.16 Å². The molecule has 0 aliphatic carbocycles. The van der Waals surface area contributed by atoms with Crippen molar-refractivity contribution in [1.29, 1.82) is 5.26 Å². The third-order valence-corrected chi connectivity index (χ3v) is 1.98. The molecular formula is C12H12N2O3. The van der Waals surface area contributed by atoms with E-state index in [1.54, 1.807) is 25.1 Å². The summed E-state index contributed by atoms with van der Waals surface area (Å²) in [6.07, 6.45) is 0. The molecule has 0 radical (unpaired) electrons. The number of ether oxygens (including phenoxy) is 1. The molecule has 5 nitrogen and oxygen atoms in total. The largest absolute Gasteiger partial charge is 0.426 e. The summed E-state index contributed by atoms with van der Waals surface area (Å²) in [7, 11) is 1.42. The van der Waals surface area contributed by atoms with E-state index in [2.05, 4.69) is 9.99 Å². The minimum absolute atomic E-state index is 0.356. The maximum absolute atomic E-state index is 10.9. The number of nitriles is 1. The van der Waals surface area contributed by atoms with E-state index < -0.39 is 5.97 Å². The fourth-order valence-corrected chi connectivity index (χ4v) is 1.31. The highest BCUT2D eigenvalue weighted by atomic mass is 16.6. The maximum Gasteiger partial charge on any atom is 0.308 e. The predicted molar refractivity (Wildman–Crippen MR) is 61.7 cm³/mol. The van der Waals surface area contributed by atoms with E-state index in [1.165, 1.54) is 14.0 Å². The summed E-state index contributed by atoms with van der Waals surface area (Å²) in [6.45, 7) is 3.01. The maximum atomic E-state index is 10.9. The molecule has 1 aromatic rings. The van der Waals surface area contributed by atoms with E-state index in [4.69, 9.17) is 10.00 Å². The first-order chi connectivity index (χ1) is 8.08. The van der Waals surface area contributed by atoms with Crippen LogP contribution in [0, 0.1) is 11.3 Å². The molecule has 0 aliphatic rings. The third-order valence-electron chi connectivity index (χ3n) is 1.98. The molecule has 0 bridgehead atoms. The zero-order valence-electron chi connectivity index (χ0n) is 9.85. The van der Waals surface area contributed by atoms with Crippen LogP contribution in [0.4, 0.5) is 0 Å². The molecule has 0 heterocycles. The molecule has 17 heavy (non-hydrogen) atoms. The van der Waals surface area contributed by atoms with Crippen molar-refractivity contribution in [2.75, 3.05) is 7.11 Å². The molecular weight excluding hydrogens is 220 g/mol. The number of carbonyl (C=O) groups excluding carboxylic acids is 1. The van der Waals surface area contributed by atoms with Gasteiger partial charge in [0.15, 0.2) is 0 Å². The molecule has 0 saturated heterocycles. The number of carbonyl (C=O) groups is 1. The van der Waals surface area contributed by atoms with Gasteiger partial charge in [-0.3, -0.25) is 4.79 Å². The molecule has 5 heteroatoms. The summed E-state index contributed by atoms with van der Waals surface area (Å²) in [5, 5.41) is 12.6. The Hall–Kier alpha value is -2.35. The van der Waals surface area contributed by atoms with Crippen molar-refractivity contribution >= 4 is 11.7 Å². The topological polar surface area (TPSA) is 71.7 Å². The minimum atomic E-state index is -0.429. The quantitative estimate of drug-likeness (QED) is 0.345. The summed E-state index contributed by atoms with van der Waals surface area (Å²) < 4.78 is 5.03. The highest BCUT2D eigenvalue weighted by molar-refractivity contribution is 6.01. The molecule has 0 spiro atoms. The number of hydrogen-bond acceptors (Lipinski definition) is 5. The second-order valence-electron chi connectivity index (χ2n) is 3.28. The van der Waals surface area contributed by atoms with Gasteiger partial charge in [0.25, 0.3) is 0 Å². The lowest BCUT2D eigenvalue weighted by atomic mass is 10.1. The van der Waals surface area contributed by atoms with Gasteiger partial charge >= 0.3 is 5.97 Å². The van der Waals surface area contributed by atoms with Gasteiger partial charge in [-0.25, -0.2) is 0 Å². The predicted octanol–water partition coefficient (Wildman–Crippen LogP) is 1.85. The molecule has 0 saturated carbocycles. The van der Waals surface area contributed by atoms with E-state index in [0.29, 0.717) is 22.6 Å². The first-order valence-electron chi connectivity index (χ1n) is 4.89. The zero-order chi connectivity index (χ0) is 12.8. The smallest absolute Gasteiger partial charge is 0.308 e. The van der Waals surface area contributed by atoms with Crippen molar-refractivity contribution in [3.05, 3.63) is 29.3 Å². The van der Waals surface area contributed by atoms with Gasteiger partial charge in [0.2, 0.25) is 0 Å². The Morgan fingerprint density at radius 1 is 1.41 bits per heavy atom. The van der Waals surface area contributed by atoms with Gasteiger partial charge in [-0.15, -0.1) is 0 Å². The molecule has 1 rings (SSSR count). The van der Waals surface area contributed by atoms with Crippen molar-refractivity contribution in [3.8, 4) is 11.8 Å². The SMILES string of the molecule is CO/N=C(\C)c1cc(C#N)ccc1OC(C)=O. The number of nitrogens with zero attached hydrogens (tertiary/aromatic N) is 2. The monoisotopic (exact) mass is 232 g/mol. The van der Waals surface area contributed by atoms with E-state index in [1.807, 2.05) is 6.07 Å². The first kappa shape index (κ1) is 12.7. The molecule has 0 aromatic heterocycles. The number of benzene rings is 1. The lowest BCUT2D eigenvalue weighted by Crippen LogP contribution is -2.07. The van der Waals surface area contributed by atoms with Crippen molar-refractivity contribution in [1.82, 2.24) is 0 Å². The first-order valence-corrected chi connectivity index (χ1v) is 4.89. The van der Waals surface area contributed by atoms with Gasteiger partial charge in [0.05, 0.1) is 17.3 Å². The van der Waals surface area contributed by atoms with Crippen LogP contribution in [-0.4, -0.2) is 18.8 Å². The Balaban J connectivity index is 3.26. The van der Waals surface area contributed by atoms with Crippen LogP contribution < -0.4 is 4.74 Å². The summed E-state index contributed by atoms with van der Waals surface area (Å²) in [4.78, 5) is 15.6. The summed E-state index contributed by atoms with van der Waals surface area (Å²) >= 11 is 0. The van der Waals surface area contributed by atoms with Crippen LogP contribution in [0.1, 0.15) is 25.0 Å². The lowest BCUT2D eigenvalue weighted by molar-refractivity contribution is -0.131. The molecule has 0 unspecified atom stereocenters. The van der Waals surface area contributed by atoms with Crippen molar-refractivity contribution in [3.63, 3.8) is 0 Å². The Morgan fingerprint density at radius 2 is 2.12 bits per heavy atom. The molecule has 0 N–H and O–H groups in total. The minimum Gasteiger partial charge on any atom is -0.426 e. The lowest BCUT2D eigenvalue weighted by Gasteiger charge is -2.08. The Bertz CT molecular complexity index is 501. The summed E-state index contributed by atoms with van der Waals surface area (Å²) in [5.41, 5.74) is 1.54. The van der Waals surface area contributed by atoms with Crippen LogP contribution in [-0.2, 0) is 9.63 Å². The normalized spacial score (nSPS) is 10.6. The highest BCUT2D eigenvalue weighted by Crippen LogP contribution is 2.21. The van der Waals surface area contributed by atoms with Crippen LogP contribution in [0.2, 0.25) is 0 Å². The molecule has 88 valence electrons. The van der Waals surface area contributed by atoms with E-state index in [9.17, 15) is 4.79 Å². The van der Waals surface area contributed by atoms with Crippen LogP contribution in [0.15, 0.2) is 23.4 Å². The zero-order valence-corrected chi connectivity index (χ0v) is 9.85. The summed E-state index contributed by atoms with van der Waals surface area (Å²) in [6, 6.07) is 6.73. The Labute approximate surface area is 99.3 Å². The summed E-state index contributed by atoms with van der Waals surface area (Å²) in [5.74, 6) is -0.0732. The van der Waals surface area contributed by atoms with Gasteiger partial charge in [0.1, 0.15) is 12.9 Å². The second kappa shape index (κ2) is 5.66. The number of esters is 1. The third kappa shape index (κ3) is 3.31. The Kier molecular flexibility index (Phi) is 4.23. The average Bonchev–Trinajstić information content (AvgIpc) is 2.29. The van der Waals surface area contributed by atoms with Crippen LogP contribution >= 0.6 is 0 Å². The standard InChI is InChI=1S/C12H12N2O3/c1-8(14-16-3)11-6-10(7-13)4-5-12(11)17-9(2)15/h4-6H,1-3H3/b14-8+. The van der Waals surface area contributed by atoms with Crippen LogP contribution in [0.25, 0.3) is 0 Å². The molecule has 0 fully saturated rings. The van der Waals surface area contributed by atoms with E-state index >= 15 is 0 Å². The molecule has 0 aliphatic heterocycles. The van der Waals surface area contributed by atoms with Gasteiger partial charge in [0, 0.05) is 12.5 Å². The number of rotatable bonds is 3. The van der Waals surface area contributed by atoms with Crippen LogP contribution in [0.3, 0.4) is 0 Å². The van der Waals surface area contributed by atoms with Gasteiger partial charge in [-0.2, -0.15) is 5.26 Å². The average molecular weight is 232 g/mol. The van der Waals surface area contributed by atoms with Crippen LogP contribution in [0.5, 0.6) is 5.75 Å². The van der Waals surface area contributed by atoms with Crippen molar-refractivity contribution in [2.45, 2.75) is 13.8 Å². The number of hydrogen-bond donors (Lipinski definition) is 0. The Morgan fingerprint density at radius 3 is 2.65 bits per heavy atom. The van der Waals surface area contributed by atoms with E-state index in [-0.39, 0.29) is 0 Å². The van der Waals surface area contributed by atoms with Gasteiger partial charge in [-0.1, -0.05) is 5.16 Å². The molecule has 0 amide bonds. The van der Waals surface area contributed by atoms with Crippen molar-refractivity contribution < 1.29 is 14.4 Å². The fourth-order valence-electron chi connectivity index (χ4n) is 1.31. The van der Waals surface area contributed by atoms with Gasteiger partial charge < -0.3 is 9.57 Å². The second-order valence-corrected chi connectivity index (χ2v) is 3.28. The van der Waals surface area contributed by atoms with Gasteiger partial charge in [-0.05, 0) is 25.1 Å². The molecule has 1 aromatic carbocycles.